The van der Waals surface area contributed by atoms with E-state index in [1.54, 1.807) is 30.6 Å². The highest BCUT2D eigenvalue weighted by Gasteiger charge is 2.19. The topological polar surface area (TPSA) is 68.0 Å². The average Bonchev–Trinajstić information content (AvgIpc) is 3.13. The second kappa shape index (κ2) is 7.32. The fraction of sp³-hybridized carbons (Fsp3) is 0.182. The summed E-state index contributed by atoms with van der Waals surface area (Å²) in [7, 11) is 0. The van der Waals surface area contributed by atoms with Crippen molar-refractivity contribution in [1.82, 2.24) is 24.3 Å². The molecule has 4 rings (SSSR count). The van der Waals surface area contributed by atoms with Gasteiger partial charge in [0.25, 0.3) is 0 Å². The highest BCUT2D eigenvalue weighted by atomic mass is 19.1. The maximum Gasteiger partial charge on any atom is 0.234 e. The predicted molar refractivity (Wildman–Crippen MR) is 111 cm³/mol. The number of benzene rings is 1. The van der Waals surface area contributed by atoms with Crippen LogP contribution in [0.5, 0.6) is 0 Å². The van der Waals surface area contributed by atoms with Crippen molar-refractivity contribution in [2.75, 3.05) is 11.9 Å². The Kier molecular flexibility index (Phi) is 4.69. The summed E-state index contributed by atoms with van der Waals surface area (Å²) in [5, 5.41) is 3.18. The van der Waals surface area contributed by atoms with E-state index in [0.29, 0.717) is 29.7 Å². The van der Waals surface area contributed by atoms with Crippen molar-refractivity contribution < 1.29 is 4.39 Å². The number of hydrogen-bond acceptors (Lipinski definition) is 5. The van der Waals surface area contributed by atoms with E-state index in [2.05, 4.69) is 31.2 Å². The van der Waals surface area contributed by atoms with Gasteiger partial charge in [-0.05, 0) is 50.2 Å². The van der Waals surface area contributed by atoms with E-state index in [1.807, 2.05) is 30.5 Å². The fourth-order valence-electron chi connectivity index (χ4n) is 2.88. The van der Waals surface area contributed by atoms with Gasteiger partial charge in [-0.2, -0.15) is 0 Å². The Morgan fingerprint density at radius 1 is 1.10 bits per heavy atom. The molecule has 3 heterocycles. The Bertz CT molecular complexity index is 1200. The van der Waals surface area contributed by atoms with Crippen molar-refractivity contribution in [2.24, 2.45) is 5.41 Å². The van der Waals surface area contributed by atoms with Gasteiger partial charge in [0.2, 0.25) is 11.7 Å². The second-order valence-electron chi connectivity index (χ2n) is 7.25. The molecule has 7 heteroatoms. The lowest BCUT2D eigenvalue weighted by atomic mass is 9.95. The third-order valence-electron chi connectivity index (χ3n) is 4.50. The number of fused-ring (bicyclic) bond motifs is 1. The summed E-state index contributed by atoms with van der Waals surface area (Å²) in [6.45, 7) is 4.46. The molecule has 0 amide bonds. The van der Waals surface area contributed by atoms with Crippen molar-refractivity contribution in [3.05, 3.63) is 60.8 Å². The van der Waals surface area contributed by atoms with E-state index in [9.17, 15) is 4.39 Å². The molecule has 0 aliphatic rings. The number of anilines is 1. The zero-order valence-electron chi connectivity index (χ0n) is 16.1. The first kappa shape index (κ1) is 18.6. The third kappa shape index (κ3) is 3.78. The summed E-state index contributed by atoms with van der Waals surface area (Å²) in [6.07, 6.45) is 10.8. The molecule has 0 aliphatic heterocycles. The minimum absolute atomic E-state index is 0.299. The van der Waals surface area contributed by atoms with Crippen LogP contribution in [0.1, 0.15) is 13.8 Å². The predicted octanol–water partition coefficient (Wildman–Crippen LogP) is 4.06. The number of imidazole rings is 1. The van der Waals surface area contributed by atoms with Gasteiger partial charge in [-0.25, -0.2) is 24.3 Å². The van der Waals surface area contributed by atoms with Crippen LogP contribution in [0.3, 0.4) is 0 Å². The molecule has 0 spiro atoms. The first-order chi connectivity index (χ1) is 14.0. The summed E-state index contributed by atoms with van der Waals surface area (Å²) in [6, 6.07) is 9.87. The van der Waals surface area contributed by atoms with Crippen LogP contribution in [0.4, 0.5) is 10.3 Å². The molecule has 1 N–H and O–H groups in total. The zero-order chi connectivity index (χ0) is 20.4. The molecule has 0 fully saturated rings. The SMILES string of the molecule is C#CC(C)(C)CNc1nccc(-c2nc3ncccn3c2-c2ccc(F)cc2)n1. The van der Waals surface area contributed by atoms with E-state index in [0.717, 1.165) is 11.3 Å². The van der Waals surface area contributed by atoms with Gasteiger partial charge in [0.1, 0.15) is 11.5 Å². The average molecular weight is 386 g/mol. The summed E-state index contributed by atoms with van der Waals surface area (Å²) in [5.74, 6) is 3.43. The Morgan fingerprint density at radius 3 is 2.66 bits per heavy atom. The first-order valence-electron chi connectivity index (χ1n) is 9.11. The molecule has 4 aromatic rings. The van der Waals surface area contributed by atoms with Crippen molar-refractivity contribution in [3.8, 4) is 35.0 Å². The molecule has 29 heavy (non-hydrogen) atoms. The van der Waals surface area contributed by atoms with Crippen LogP contribution in [-0.4, -0.2) is 30.9 Å². The van der Waals surface area contributed by atoms with E-state index < -0.39 is 0 Å². The summed E-state index contributed by atoms with van der Waals surface area (Å²) < 4.78 is 15.3. The van der Waals surface area contributed by atoms with Gasteiger partial charge in [-0.3, -0.25) is 4.40 Å². The first-order valence-corrected chi connectivity index (χ1v) is 9.11. The van der Waals surface area contributed by atoms with Crippen LogP contribution in [0, 0.1) is 23.6 Å². The summed E-state index contributed by atoms with van der Waals surface area (Å²) >= 11 is 0. The number of aromatic nitrogens is 5. The van der Waals surface area contributed by atoms with Crippen LogP contribution in [0.25, 0.3) is 28.4 Å². The molecule has 0 saturated heterocycles. The van der Waals surface area contributed by atoms with Gasteiger partial charge in [-0.15, -0.1) is 6.42 Å². The van der Waals surface area contributed by atoms with Gasteiger partial charge < -0.3 is 5.32 Å². The minimum atomic E-state index is -0.328. The number of hydrogen-bond donors (Lipinski definition) is 1. The number of halogens is 1. The molecule has 1 aromatic carbocycles. The molecule has 0 atom stereocenters. The minimum Gasteiger partial charge on any atom is -0.353 e. The lowest BCUT2D eigenvalue weighted by Crippen LogP contribution is -2.22. The molecule has 144 valence electrons. The van der Waals surface area contributed by atoms with E-state index >= 15 is 0 Å². The van der Waals surface area contributed by atoms with Gasteiger partial charge >= 0.3 is 0 Å². The van der Waals surface area contributed by atoms with Crippen LogP contribution in [-0.2, 0) is 0 Å². The molecule has 0 unspecified atom stereocenters. The molecule has 3 aromatic heterocycles. The normalized spacial score (nSPS) is 11.4. The number of nitrogens with zero attached hydrogens (tertiary/aromatic N) is 5. The number of terminal acetylenes is 1. The van der Waals surface area contributed by atoms with E-state index in [4.69, 9.17) is 6.42 Å². The number of rotatable bonds is 5. The Labute approximate surface area is 167 Å². The highest BCUT2D eigenvalue weighted by molar-refractivity contribution is 5.79. The van der Waals surface area contributed by atoms with Gasteiger partial charge in [-0.1, -0.05) is 5.92 Å². The number of nitrogens with one attached hydrogen (secondary N) is 1. The lowest BCUT2D eigenvalue weighted by Gasteiger charge is -2.17. The van der Waals surface area contributed by atoms with Gasteiger partial charge in [0.05, 0.1) is 11.4 Å². The fourth-order valence-corrected chi connectivity index (χ4v) is 2.88. The van der Waals surface area contributed by atoms with Crippen molar-refractivity contribution in [1.29, 1.82) is 0 Å². The van der Waals surface area contributed by atoms with E-state index in [-0.39, 0.29) is 11.2 Å². The molecular formula is C22H19FN6. The molecule has 0 aliphatic carbocycles. The van der Waals surface area contributed by atoms with Gasteiger partial charge in [0.15, 0.2) is 0 Å². The maximum absolute atomic E-state index is 13.5. The molecular weight excluding hydrogens is 367 g/mol. The quantitative estimate of drug-likeness (QED) is 0.524. The van der Waals surface area contributed by atoms with Crippen molar-refractivity contribution >= 4 is 11.7 Å². The molecule has 0 bridgehead atoms. The van der Waals surface area contributed by atoms with E-state index in [1.165, 1.54) is 12.1 Å². The Morgan fingerprint density at radius 2 is 1.90 bits per heavy atom. The highest BCUT2D eigenvalue weighted by Crippen LogP contribution is 2.31. The summed E-state index contributed by atoms with van der Waals surface area (Å²) in [4.78, 5) is 17.9. The smallest absolute Gasteiger partial charge is 0.234 e. The largest absolute Gasteiger partial charge is 0.353 e. The standard InChI is InChI=1S/C22H19FN6/c1-4-22(2,3)14-26-20-24-12-10-17(27-20)18-19(15-6-8-16(23)9-7-15)29-13-5-11-25-21(29)28-18/h1,5-13H,14H2,2-3H3,(H,24,26,27). The third-order valence-corrected chi connectivity index (χ3v) is 4.50. The van der Waals surface area contributed by atoms with Crippen LogP contribution < -0.4 is 5.32 Å². The Hall–Kier alpha value is -3.79. The summed E-state index contributed by atoms with van der Waals surface area (Å²) in [5.41, 5.74) is 2.53. The van der Waals surface area contributed by atoms with Crippen molar-refractivity contribution in [3.63, 3.8) is 0 Å². The maximum atomic E-state index is 13.5. The van der Waals surface area contributed by atoms with Crippen molar-refractivity contribution in [2.45, 2.75) is 13.8 Å². The molecule has 0 radical (unpaired) electrons. The second-order valence-corrected chi connectivity index (χ2v) is 7.25. The monoisotopic (exact) mass is 386 g/mol. The van der Waals surface area contributed by atoms with Crippen LogP contribution >= 0.6 is 0 Å². The van der Waals surface area contributed by atoms with Gasteiger partial charge in [0, 0.05) is 36.1 Å². The zero-order valence-corrected chi connectivity index (χ0v) is 16.1. The molecule has 6 nitrogen and oxygen atoms in total. The van der Waals surface area contributed by atoms with Crippen LogP contribution in [0.2, 0.25) is 0 Å². The Balaban J connectivity index is 1.80. The lowest BCUT2D eigenvalue weighted by molar-refractivity contribution is 0.536. The molecule has 0 saturated carbocycles. The van der Waals surface area contributed by atoms with Crippen LogP contribution in [0.15, 0.2) is 55.0 Å².